The summed E-state index contributed by atoms with van der Waals surface area (Å²) in [5.74, 6) is -6.54. The molecule has 0 aromatic heterocycles. The van der Waals surface area contributed by atoms with Crippen LogP contribution < -0.4 is 10.6 Å². The van der Waals surface area contributed by atoms with Crippen LogP contribution in [0.1, 0.15) is 29.4 Å². The van der Waals surface area contributed by atoms with E-state index in [9.17, 15) is 18.8 Å². The molecule has 0 radical (unpaired) electrons. The van der Waals surface area contributed by atoms with Crippen molar-refractivity contribution in [2.75, 3.05) is 19.1 Å². The fraction of sp³-hybridized carbons (Fsp3) is 0.194. The smallest absolute Gasteiger partial charge is 0.338 e. The van der Waals surface area contributed by atoms with Crippen molar-refractivity contribution >= 4 is 23.4 Å². The van der Waals surface area contributed by atoms with E-state index in [0.717, 1.165) is 7.11 Å². The Hall–Kier alpha value is -4.79. The number of carbonyl (C=O) groups is 3. The number of Topliss-reactive ketones (excluding diaryl/α,β-unsaturated/α-hetero) is 1. The maximum Gasteiger partial charge on any atom is 0.338 e. The summed E-state index contributed by atoms with van der Waals surface area (Å²) in [6.45, 7) is 0. The van der Waals surface area contributed by atoms with E-state index in [4.69, 9.17) is 15.2 Å². The lowest BCUT2D eigenvalue weighted by Gasteiger charge is -2.44. The molecule has 0 spiro atoms. The zero-order valence-electron chi connectivity index (χ0n) is 21.8. The summed E-state index contributed by atoms with van der Waals surface area (Å²) in [7, 11) is 2.36. The van der Waals surface area contributed by atoms with Crippen molar-refractivity contribution in [1.29, 1.82) is 0 Å². The van der Waals surface area contributed by atoms with E-state index in [1.807, 2.05) is 6.07 Å². The summed E-state index contributed by atoms with van der Waals surface area (Å²) in [6, 6.07) is 20.1. The molecule has 5 rings (SSSR count). The fourth-order valence-corrected chi connectivity index (χ4v) is 5.65. The van der Waals surface area contributed by atoms with Crippen LogP contribution in [0.15, 0.2) is 102 Å². The number of methoxy groups -OCH3 is 2. The van der Waals surface area contributed by atoms with Crippen LogP contribution in [0.2, 0.25) is 0 Å². The first-order valence-corrected chi connectivity index (χ1v) is 12.6. The maximum atomic E-state index is 15.3. The highest BCUT2D eigenvalue weighted by Gasteiger charge is 2.51. The summed E-state index contributed by atoms with van der Waals surface area (Å²) in [5.41, 5.74) is 7.99. The number of hydrogen-bond donors (Lipinski definition) is 1. The average molecular weight is 545 g/mol. The number of halogens is 2. The fourth-order valence-electron chi connectivity index (χ4n) is 5.65. The van der Waals surface area contributed by atoms with Crippen molar-refractivity contribution in [1.82, 2.24) is 0 Å². The third-order valence-electron chi connectivity index (χ3n) is 7.42. The Morgan fingerprint density at radius 1 is 0.875 bits per heavy atom. The molecule has 1 heterocycles. The first-order valence-electron chi connectivity index (χ1n) is 12.6. The van der Waals surface area contributed by atoms with Crippen LogP contribution in [0, 0.1) is 17.6 Å². The van der Waals surface area contributed by atoms with Crippen LogP contribution in [0.25, 0.3) is 0 Å². The van der Waals surface area contributed by atoms with Gasteiger partial charge in [-0.3, -0.25) is 14.5 Å². The van der Waals surface area contributed by atoms with Crippen LogP contribution in [0.5, 0.6) is 0 Å². The normalized spacial score (nSPS) is 20.8. The molecule has 0 saturated carbocycles. The summed E-state index contributed by atoms with van der Waals surface area (Å²) in [4.78, 5) is 42.2. The van der Waals surface area contributed by atoms with Crippen molar-refractivity contribution in [2.45, 2.75) is 18.3 Å². The Kier molecular flexibility index (Phi) is 7.21. The minimum atomic E-state index is -1.25. The van der Waals surface area contributed by atoms with E-state index in [1.54, 1.807) is 30.3 Å². The number of benzene rings is 3. The summed E-state index contributed by atoms with van der Waals surface area (Å²) >= 11 is 0. The van der Waals surface area contributed by atoms with Crippen LogP contribution >= 0.6 is 0 Å². The van der Waals surface area contributed by atoms with E-state index in [0.29, 0.717) is 16.8 Å². The Balaban J connectivity index is 1.84. The van der Waals surface area contributed by atoms with Gasteiger partial charge in [0.2, 0.25) is 0 Å². The Bertz CT molecular complexity index is 1550. The van der Waals surface area contributed by atoms with Crippen molar-refractivity contribution in [3.05, 3.63) is 124 Å². The average Bonchev–Trinajstić information content (AvgIpc) is 2.97. The molecule has 1 aliphatic carbocycles. The first-order chi connectivity index (χ1) is 19.3. The second-order valence-electron chi connectivity index (χ2n) is 9.51. The lowest BCUT2D eigenvalue weighted by Crippen LogP contribution is -2.46. The molecule has 3 aromatic rings. The van der Waals surface area contributed by atoms with E-state index in [2.05, 4.69) is 0 Å². The second kappa shape index (κ2) is 10.8. The molecule has 2 aliphatic rings. The number of ether oxygens (including phenoxy) is 2. The maximum absolute atomic E-state index is 15.3. The van der Waals surface area contributed by atoms with Gasteiger partial charge in [0.05, 0.1) is 31.4 Å². The molecule has 9 heteroatoms. The quantitative estimate of drug-likeness (QED) is 0.367. The largest absolute Gasteiger partial charge is 0.468 e. The standard InChI is InChI=1S/C31H26F2N2O5/c1-39-30(37)25-20(17-8-4-3-5-9-17)16-23-26(28(25)36)24(18-12-14-19(32)15-13-18)27(31(38)40-2)29(34)35(23)22-11-7-6-10-21(22)33/h3-15,20,24-25H,16,34H2,1-2H3/t20-,24+,25+/m1/s1. The number of rotatable bonds is 5. The van der Waals surface area contributed by atoms with E-state index in [1.165, 1.54) is 54.5 Å². The van der Waals surface area contributed by atoms with Gasteiger partial charge in [0, 0.05) is 17.2 Å². The lowest BCUT2D eigenvalue weighted by atomic mass is 9.67. The number of esters is 2. The molecule has 0 unspecified atom stereocenters. The van der Waals surface area contributed by atoms with Crippen LogP contribution in [-0.4, -0.2) is 31.9 Å². The van der Waals surface area contributed by atoms with E-state index in [-0.39, 0.29) is 29.1 Å². The Morgan fingerprint density at radius 3 is 2.15 bits per heavy atom. The Morgan fingerprint density at radius 2 is 1.52 bits per heavy atom. The van der Waals surface area contributed by atoms with Gasteiger partial charge in [-0.2, -0.15) is 0 Å². The van der Waals surface area contributed by atoms with Crippen LogP contribution in [0.4, 0.5) is 14.5 Å². The minimum Gasteiger partial charge on any atom is -0.468 e. The van der Waals surface area contributed by atoms with Gasteiger partial charge in [-0.25, -0.2) is 13.6 Å². The van der Waals surface area contributed by atoms with Crippen molar-refractivity contribution in [3.8, 4) is 0 Å². The van der Waals surface area contributed by atoms with Gasteiger partial charge in [-0.15, -0.1) is 0 Å². The molecule has 0 bridgehead atoms. The highest BCUT2D eigenvalue weighted by atomic mass is 19.1. The molecule has 40 heavy (non-hydrogen) atoms. The molecule has 3 aromatic carbocycles. The molecule has 0 amide bonds. The minimum absolute atomic E-state index is 0.0163. The van der Waals surface area contributed by atoms with Gasteiger partial charge in [0.15, 0.2) is 5.78 Å². The molecule has 204 valence electrons. The summed E-state index contributed by atoms with van der Waals surface area (Å²) in [5, 5.41) is 0. The second-order valence-corrected chi connectivity index (χ2v) is 9.51. The molecular weight excluding hydrogens is 518 g/mol. The van der Waals surface area contributed by atoms with E-state index < -0.39 is 47.1 Å². The van der Waals surface area contributed by atoms with Crippen LogP contribution in [0.3, 0.4) is 0 Å². The third-order valence-corrected chi connectivity index (χ3v) is 7.42. The number of carbonyl (C=O) groups excluding carboxylic acids is 3. The van der Waals surface area contributed by atoms with Crippen LogP contribution in [-0.2, 0) is 23.9 Å². The summed E-state index contributed by atoms with van der Waals surface area (Å²) in [6.07, 6.45) is 0.0893. The molecule has 7 nitrogen and oxygen atoms in total. The van der Waals surface area contributed by atoms with Gasteiger partial charge >= 0.3 is 11.9 Å². The summed E-state index contributed by atoms with van der Waals surface area (Å²) < 4.78 is 39.3. The van der Waals surface area contributed by atoms with Gasteiger partial charge in [0.1, 0.15) is 23.4 Å². The van der Waals surface area contributed by atoms with Gasteiger partial charge in [-0.1, -0.05) is 54.6 Å². The predicted octanol–water partition coefficient (Wildman–Crippen LogP) is 4.71. The molecule has 1 aliphatic heterocycles. The van der Waals surface area contributed by atoms with E-state index >= 15 is 4.39 Å². The number of allylic oxidation sites excluding steroid dienone is 2. The number of nitrogens with zero attached hydrogens (tertiary/aromatic N) is 1. The van der Waals surface area contributed by atoms with Crippen molar-refractivity contribution in [2.24, 2.45) is 11.7 Å². The molecule has 0 saturated heterocycles. The Labute approximate surface area is 229 Å². The highest BCUT2D eigenvalue weighted by Crippen LogP contribution is 2.51. The zero-order valence-corrected chi connectivity index (χ0v) is 21.8. The van der Waals surface area contributed by atoms with Crippen molar-refractivity contribution in [3.63, 3.8) is 0 Å². The topological polar surface area (TPSA) is 98.9 Å². The number of anilines is 1. The molecule has 2 N–H and O–H groups in total. The predicted molar refractivity (Wildman–Crippen MR) is 143 cm³/mol. The van der Waals surface area contributed by atoms with Gasteiger partial charge < -0.3 is 15.2 Å². The number of hydrogen-bond acceptors (Lipinski definition) is 7. The number of nitrogens with two attached hydrogens (primary N) is 1. The SMILES string of the molecule is COC(=O)C1=C(N)N(c2ccccc2F)C2=C(C(=O)[C@@H](C(=O)OC)[C@@H](c3ccccc3)C2)[C@@H]1c1ccc(F)cc1. The van der Waals surface area contributed by atoms with Crippen molar-refractivity contribution < 1.29 is 32.6 Å². The lowest BCUT2D eigenvalue weighted by molar-refractivity contribution is -0.150. The number of ketones is 1. The number of para-hydroxylation sites is 1. The molecule has 3 atom stereocenters. The third kappa shape index (κ3) is 4.43. The molecule has 0 fully saturated rings. The highest BCUT2D eigenvalue weighted by molar-refractivity contribution is 6.14. The molecular formula is C31H26F2N2O5. The van der Waals surface area contributed by atoms with Gasteiger partial charge in [0.25, 0.3) is 0 Å². The monoisotopic (exact) mass is 544 g/mol. The zero-order chi connectivity index (χ0) is 28.6. The van der Waals surface area contributed by atoms with Gasteiger partial charge in [-0.05, 0) is 41.8 Å². The first kappa shape index (κ1) is 26.8.